The summed E-state index contributed by atoms with van der Waals surface area (Å²) in [5, 5.41) is 3.35. The topological polar surface area (TPSA) is 66.5 Å². The van der Waals surface area contributed by atoms with E-state index in [4.69, 9.17) is 0 Å². The van der Waals surface area contributed by atoms with Gasteiger partial charge in [0.1, 0.15) is 0 Å². The largest absolute Gasteiger partial charge is 0.385 e. The number of benzene rings is 1. The summed E-state index contributed by atoms with van der Waals surface area (Å²) in [5.74, 6) is -0.651. The minimum Gasteiger partial charge on any atom is -0.385 e. The van der Waals surface area contributed by atoms with Crippen molar-refractivity contribution in [1.82, 2.24) is 4.90 Å². The van der Waals surface area contributed by atoms with Crippen molar-refractivity contribution in [3.05, 3.63) is 41.5 Å². The third kappa shape index (κ3) is 2.86. The second-order valence-corrected chi connectivity index (χ2v) is 6.41. The lowest BCUT2D eigenvalue weighted by Crippen LogP contribution is -2.45. The Bertz CT molecular complexity index is 723. The Morgan fingerprint density at radius 3 is 2.83 bits per heavy atom. The van der Waals surface area contributed by atoms with E-state index in [-0.39, 0.29) is 29.5 Å². The normalized spacial score (nSPS) is 20.5. The van der Waals surface area contributed by atoms with Gasteiger partial charge in [-0.2, -0.15) is 0 Å². The van der Waals surface area contributed by atoms with Gasteiger partial charge in [0.15, 0.2) is 11.6 Å². The number of ketones is 2. The van der Waals surface area contributed by atoms with Gasteiger partial charge in [0, 0.05) is 30.8 Å². The molecule has 0 bridgehead atoms. The van der Waals surface area contributed by atoms with E-state index in [1.165, 1.54) is 0 Å². The number of hydrogen-bond donors (Lipinski definition) is 1. The number of rotatable bonds is 5. The highest BCUT2D eigenvalue weighted by Crippen LogP contribution is 2.31. The molecule has 1 aromatic carbocycles. The van der Waals surface area contributed by atoms with Crippen molar-refractivity contribution in [2.24, 2.45) is 0 Å². The highest BCUT2D eigenvalue weighted by molar-refractivity contribution is 6.23. The Labute approximate surface area is 141 Å². The minimum atomic E-state index is -0.563. The zero-order valence-electron chi connectivity index (χ0n) is 13.9. The Balaban J connectivity index is 1.77. The molecule has 1 aliphatic heterocycles. The molecule has 3 rings (SSSR count). The minimum absolute atomic E-state index is 0.0249. The van der Waals surface area contributed by atoms with Crippen LogP contribution in [0.5, 0.6) is 0 Å². The fourth-order valence-electron chi connectivity index (χ4n) is 3.30. The maximum absolute atomic E-state index is 12.6. The molecule has 0 saturated heterocycles. The number of unbranched alkanes of at least 4 members (excludes halogenated alkanes) is 1. The molecule has 1 unspecified atom stereocenters. The molecule has 126 valence electrons. The summed E-state index contributed by atoms with van der Waals surface area (Å²) in [6.07, 6.45) is 2.88. The number of amides is 1. The highest BCUT2D eigenvalue weighted by atomic mass is 16.2. The first-order valence-corrected chi connectivity index (χ1v) is 8.47. The van der Waals surface area contributed by atoms with Gasteiger partial charge in [-0.25, -0.2) is 0 Å². The van der Waals surface area contributed by atoms with E-state index in [0.29, 0.717) is 18.5 Å². The lowest BCUT2D eigenvalue weighted by atomic mass is 9.88. The van der Waals surface area contributed by atoms with Gasteiger partial charge in [-0.05, 0) is 36.6 Å². The molecule has 5 nitrogen and oxygen atoms in total. The second-order valence-electron chi connectivity index (χ2n) is 6.41. The van der Waals surface area contributed by atoms with Crippen LogP contribution in [0.25, 0.3) is 0 Å². The van der Waals surface area contributed by atoms with Crippen LogP contribution in [-0.4, -0.2) is 35.0 Å². The molecular formula is C19H22N2O3. The second kappa shape index (κ2) is 6.59. The number of hydrogen-bond acceptors (Lipinski definition) is 4. The predicted molar refractivity (Wildman–Crippen MR) is 91.9 cm³/mol. The van der Waals surface area contributed by atoms with Gasteiger partial charge in [0.05, 0.1) is 11.6 Å². The lowest BCUT2D eigenvalue weighted by Gasteiger charge is -2.29. The maximum Gasteiger partial charge on any atom is 0.255 e. The Hall–Kier alpha value is -2.43. The first-order chi connectivity index (χ1) is 11.5. The predicted octanol–water partition coefficient (Wildman–Crippen LogP) is 2.71. The summed E-state index contributed by atoms with van der Waals surface area (Å²) in [7, 11) is 0. The third-order valence-corrected chi connectivity index (χ3v) is 4.75. The first-order valence-electron chi connectivity index (χ1n) is 8.47. The number of carbonyl (C=O) groups excluding carboxylic acids is 3. The third-order valence-electron chi connectivity index (χ3n) is 4.75. The zero-order chi connectivity index (χ0) is 17.3. The molecule has 2 aliphatic rings. The Morgan fingerprint density at radius 2 is 2.08 bits per heavy atom. The van der Waals surface area contributed by atoms with E-state index in [1.807, 2.05) is 18.2 Å². The number of nitrogens with zero attached hydrogens (tertiary/aromatic N) is 1. The summed E-state index contributed by atoms with van der Waals surface area (Å²) in [6.45, 7) is 7.03. The maximum atomic E-state index is 12.6. The fourth-order valence-corrected chi connectivity index (χ4v) is 3.30. The molecule has 1 N–H and O–H groups in total. The van der Waals surface area contributed by atoms with Crippen molar-refractivity contribution in [1.29, 1.82) is 0 Å². The summed E-state index contributed by atoms with van der Waals surface area (Å²) < 4.78 is 0. The van der Waals surface area contributed by atoms with E-state index >= 15 is 0 Å². The lowest BCUT2D eigenvalue weighted by molar-refractivity contribution is -0.127. The van der Waals surface area contributed by atoms with E-state index in [2.05, 4.69) is 18.8 Å². The smallest absolute Gasteiger partial charge is 0.255 e. The number of fused-ring (bicyclic) bond motifs is 1. The fraction of sp³-hybridized carbons (Fsp3) is 0.421. The van der Waals surface area contributed by atoms with Crippen LogP contribution in [0, 0.1) is 0 Å². The Morgan fingerprint density at radius 1 is 1.29 bits per heavy atom. The van der Waals surface area contributed by atoms with Crippen LogP contribution < -0.4 is 5.32 Å². The van der Waals surface area contributed by atoms with E-state index in [9.17, 15) is 14.4 Å². The molecule has 1 aliphatic carbocycles. The molecule has 1 atom stereocenters. The molecule has 24 heavy (non-hydrogen) atoms. The average Bonchev–Trinajstić information content (AvgIpc) is 2.89. The zero-order valence-corrected chi connectivity index (χ0v) is 13.9. The molecule has 5 heteroatoms. The SMILES string of the molecule is C=C1C(=O)CCC(N2Cc3cc(NCCCC)ccc3C2=O)C1=O. The molecular weight excluding hydrogens is 304 g/mol. The quantitative estimate of drug-likeness (QED) is 0.513. The van der Waals surface area contributed by atoms with Crippen LogP contribution in [0.3, 0.4) is 0 Å². The molecule has 1 amide bonds. The van der Waals surface area contributed by atoms with Gasteiger partial charge in [-0.3, -0.25) is 14.4 Å². The highest BCUT2D eigenvalue weighted by Gasteiger charge is 2.40. The molecule has 1 saturated carbocycles. The summed E-state index contributed by atoms with van der Waals surface area (Å²) in [4.78, 5) is 38.2. The van der Waals surface area contributed by atoms with Gasteiger partial charge in [-0.15, -0.1) is 0 Å². The summed E-state index contributed by atoms with van der Waals surface area (Å²) in [5.41, 5.74) is 2.59. The molecule has 1 heterocycles. The molecule has 1 aromatic rings. The van der Waals surface area contributed by atoms with Crippen molar-refractivity contribution in [3.8, 4) is 0 Å². The van der Waals surface area contributed by atoms with Crippen molar-refractivity contribution < 1.29 is 14.4 Å². The van der Waals surface area contributed by atoms with Crippen LogP contribution in [0.15, 0.2) is 30.4 Å². The van der Waals surface area contributed by atoms with Crippen molar-refractivity contribution in [2.45, 2.75) is 45.2 Å². The Kier molecular flexibility index (Phi) is 4.51. The molecule has 0 spiro atoms. The number of anilines is 1. The summed E-state index contributed by atoms with van der Waals surface area (Å²) in [6, 6.07) is 5.14. The van der Waals surface area contributed by atoms with Gasteiger partial charge >= 0.3 is 0 Å². The molecule has 0 radical (unpaired) electrons. The number of nitrogens with one attached hydrogen (secondary N) is 1. The number of carbonyl (C=O) groups is 3. The van der Waals surface area contributed by atoms with Gasteiger partial charge in [-0.1, -0.05) is 19.9 Å². The van der Waals surface area contributed by atoms with Gasteiger partial charge < -0.3 is 10.2 Å². The van der Waals surface area contributed by atoms with Gasteiger partial charge in [0.2, 0.25) is 0 Å². The number of Topliss-reactive ketones (excluding diaryl/α,β-unsaturated/α-hetero) is 2. The molecule has 0 aromatic heterocycles. The van der Waals surface area contributed by atoms with Crippen molar-refractivity contribution in [2.75, 3.05) is 11.9 Å². The van der Waals surface area contributed by atoms with E-state index in [0.717, 1.165) is 30.6 Å². The van der Waals surface area contributed by atoms with Crippen LogP contribution in [0.1, 0.15) is 48.5 Å². The van der Waals surface area contributed by atoms with Crippen molar-refractivity contribution >= 4 is 23.2 Å². The van der Waals surface area contributed by atoms with Gasteiger partial charge in [0.25, 0.3) is 5.91 Å². The van der Waals surface area contributed by atoms with E-state index in [1.54, 1.807) is 4.90 Å². The van der Waals surface area contributed by atoms with Crippen molar-refractivity contribution in [3.63, 3.8) is 0 Å². The molecule has 1 fully saturated rings. The van der Waals surface area contributed by atoms with Crippen LogP contribution >= 0.6 is 0 Å². The van der Waals surface area contributed by atoms with E-state index < -0.39 is 6.04 Å². The van der Waals surface area contributed by atoms with Crippen LogP contribution in [0.4, 0.5) is 5.69 Å². The first kappa shape index (κ1) is 16.4. The van der Waals surface area contributed by atoms with Crippen LogP contribution in [-0.2, 0) is 16.1 Å². The summed E-state index contributed by atoms with van der Waals surface area (Å²) >= 11 is 0. The monoisotopic (exact) mass is 326 g/mol. The van der Waals surface area contributed by atoms with Crippen LogP contribution in [0.2, 0.25) is 0 Å². The average molecular weight is 326 g/mol. The standard InChI is InChI=1S/C19H22N2O3/c1-3-4-9-20-14-5-6-15-13(10-14)11-21(19(15)24)16-7-8-17(22)12(2)18(16)23/h5-6,10,16,20H,2-4,7-9,11H2,1H3.